The monoisotopic (exact) mass is 425 g/mol. The predicted molar refractivity (Wildman–Crippen MR) is 121 cm³/mol. The molecule has 0 N–H and O–H groups in total. The zero-order chi connectivity index (χ0) is 21.1. The Labute approximate surface area is 183 Å². The highest BCUT2D eigenvalue weighted by molar-refractivity contribution is 6.34. The van der Waals surface area contributed by atoms with Crippen molar-refractivity contribution in [1.29, 1.82) is 0 Å². The summed E-state index contributed by atoms with van der Waals surface area (Å²) in [6.45, 7) is 3.42. The number of anilines is 2. The van der Waals surface area contributed by atoms with Gasteiger partial charge in [0.2, 0.25) is 5.91 Å². The Kier molecular flexibility index (Phi) is 6.28. The van der Waals surface area contributed by atoms with Crippen molar-refractivity contribution in [3.63, 3.8) is 0 Å². The molecular weight excluding hydrogens is 398 g/mol. The standard InChI is InChI=1S/C24H28ClN3O2/c1-26(17-18-7-10-20(11-8-18)27-13-3-2-4-14-27)24(30)19-9-12-21(25)22(16-19)28-15-5-6-23(28)29/h7-12,16H,2-6,13-15,17H2,1H3. The van der Waals surface area contributed by atoms with E-state index >= 15 is 0 Å². The molecule has 0 aliphatic carbocycles. The fourth-order valence-corrected chi connectivity index (χ4v) is 4.51. The molecule has 2 aliphatic rings. The van der Waals surface area contributed by atoms with Gasteiger partial charge in [0.15, 0.2) is 0 Å². The summed E-state index contributed by atoms with van der Waals surface area (Å²) in [5.74, 6) is -0.0247. The highest BCUT2D eigenvalue weighted by atomic mass is 35.5. The number of rotatable bonds is 5. The van der Waals surface area contributed by atoms with Gasteiger partial charge in [-0.2, -0.15) is 0 Å². The van der Waals surface area contributed by atoms with Crippen molar-refractivity contribution in [2.75, 3.05) is 36.5 Å². The Bertz CT molecular complexity index is 923. The summed E-state index contributed by atoms with van der Waals surface area (Å²) in [7, 11) is 1.80. The van der Waals surface area contributed by atoms with Crippen LogP contribution in [0.4, 0.5) is 11.4 Å². The highest BCUT2D eigenvalue weighted by Crippen LogP contribution is 2.31. The van der Waals surface area contributed by atoms with Crippen molar-refractivity contribution < 1.29 is 9.59 Å². The second-order valence-corrected chi connectivity index (χ2v) is 8.60. The number of carbonyl (C=O) groups excluding carboxylic acids is 2. The summed E-state index contributed by atoms with van der Waals surface area (Å²) < 4.78 is 0. The quantitative estimate of drug-likeness (QED) is 0.695. The summed E-state index contributed by atoms with van der Waals surface area (Å²) >= 11 is 6.31. The summed E-state index contributed by atoms with van der Waals surface area (Å²) in [6.07, 6.45) is 5.18. The van der Waals surface area contributed by atoms with E-state index in [1.165, 1.54) is 24.9 Å². The maximum absolute atomic E-state index is 13.0. The molecule has 0 spiro atoms. The molecule has 2 saturated heterocycles. The lowest BCUT2D eigenvalue weighted by atomic mass is 10.1. The van der Waals surface area contributed by atoms with E-state index in [4.69, 9.17) is 11.6 Å². The number of halogens is 1. The van der Waals surface area contributed by atoms with Crippen LogP contribution >= 0.6 is 11.6 Å². The van der Waals surface area contributed by atoms with Crippen molar-refractivity contribution in [1.82, 2.24) is 4.90 Å². The van der Waals surface area contributed by atoms with Crippen molar-refractivity contribution in [3.05, 3.63) is 58.6 Å². The molecule has 6 heteroatoms. The Morgan fingerprint density at radius 2 is 1.73 bits per heavy atom. The summed E-state index contributed by atoms with van der Waals surface area (Å²) in [4.78, 5) is 30.9. The van der Waals surface area contributed by atoms with Crippen LogP contribution in [-0.4, -0.2) is 43.4 Å². The first-order valence-corrected chi connectivity index (χ1v) is 11.1. The highest BCUT2D eigenvalue weighted by Gasteiger charge is 2.25. The summed E-state index contributed by atoms with van der Waals surface area (Å²) in [6, 6.07) is 13.7. The van der Waals surface area contributed by atoms with Gasteiger partial charge in [-0.3, -0.25) is 9.59 Å². The second kappa shape index (κ2) is 9.09. The van der Waals surface area contributed by atoms with Gasteiger partial charge in [0.25, 0.3) is 5.91 Å². The zero-order valence-electron chi connectivity index (χ0n) is 17.4. The molecule has 30 heavy (non-hydrogen) atoms. The van der Waals surface area contributed by atoms with E-state index in [2.05, 4.69) is 29.2 Å². The topological polar surface area (TPSA) is 43.9 Å². The molecule has 2 aromatic carbocycles. The molecule has 0 bridgehead atoms. The molecule has 2 aliphatic heterocycles. The van der Waals surface area contributed by atoms with Crippen LogP contribution in [0.3, 0.4) is 0 Å². The van der Waals surface area contributed by atoms with Gasteiger partial charge in [-0.25, -0.2) is 0 Å². The third kappa shape index (κ3) is 4.46. The van der Waals surface area contributed by atoms with E-state index < -0.39 is 0 Å². The van der Waals surface area contributed by atoms with E-state index in [1.807, 2.05) is 0 Å². The summed E-state index contributed by atoms with van der Waals surface area (Å²) in [5, 5.41) is 0.498. The Morgan fingerprint density at radius 1 is 1.00 bits per heavy atom. The van der Waals surface area contributed by atoms with E-state index in [9.17, 15) is 9.59 Å². The summed E-state index contributed by atoms with van der Waals surface area (Å²) in [5.41, 5.74) is 3.52. The van der Waals surface area contributed by atoms with Crippen LogP contribution in [0.1, 0.15) is 48.0 Å². The molecule has 2 fully saturated rings. The normalized spacial score (nSPS) is 16.8. The molecule has 0 radical (unpaired) electrons. The lowest BCUT2D eigenvalue weighted by molar-refractivity contribution is -0.117. The average molecular weight is 426 g/mol. The van der Waals surface area contributed by atoms with Gasteiger partial charge in [-0.1, -0.05) is 23.7 Å². The largest absolute Gasteiger partial charge is 0.372 e. The molecule has 2 aromatic rings. The van der Waals surface area contributed by atoms with Crippen LogP contribution in [0.15, 0.2) is 42.5 Å². The van der Waals surface area contributed by atoms with Gasteiger partial charge in [0.05, 0.1) is 10.7 Å². The predicted octanol–water partition coefficient (Wildman–Crippen LogP) is 4.73. The van der Waals surface area contributed by atoms with Gasteiger partial charge in [0.1, 0.15) is 0 Å². The molecular formula is C24H28ClN3O2. The van der Waals surface area contributed by atoms with E-state index in [0.29, 0.717) is 35.8 Å². The lowest BCUT2D eigenvalue weighted by Gasteiger charge is -2.29. The van der Waals surface area contributed by atoms with Gasteiger partial charge in [0, 0.05) is 50.9 Å². The fraction of sp³-hybridized carbons (Fsp3) is 0.417. The number of piperidine rings is 1. The zero-order valence-corrected chi connectivity index (χ0v) is 18.2. The number of nitrogens with zero attached hydrogens (tertiary/aromatic N) is 3. The molecule has 5 nitrogen and oxygen atoms in total. The molecule has 0 unspecified atom stereocenters. The molecule has 158 valence electrons. The number of amides is 2. The van der Waals surface area contributed by atoms with Gasteiger partial charge < -0.3 is 14.7 Å². The van der Waals surface area contributed by atoms with Gasteiger partial charge in [-0.15, -0.1) is 0 Å². The molecule has 2 heterocycles. The molecule has 0 aromatic heterocycles. The van der Waals surface area contributed by atoms with Crippen molar-refractivity contribution in [2.45, 2.75) is 38.6 Å². The van der Waals surface area contributed by atoms with Crippen LogP contribution in [0.2, 0.25) is 5.02 Å². The fourth-order valence-electron chi connectivity index (χ4n) is 4.29. The number of hydrogen-bond acceptors (Lipinski definition) is 3. The molecule has 4 rings (SSSR count). The van der Waals surface area contributed by atoms with Crippen LogP contribution in [0.25, 0.3) is 0 Å². The minimum absolute atomic E-state index is 0.0589. The second-order valence-electron chi connectivity index (χ2n) is 8.19. The van der Waals surface area contributed by atoms with Crippen molar-refractivity contribution in [3.8, 4) is 0 Å². The van der Waals surface area contributed by atoms with Crippen LogP contribution in [0.5, 0.6) is 0 Å². The Hall–Kier alpha value is -2.53. The van der Waals surface area contributed by atoms with E-state index in [1.54, 1.807) is 35.0 Å². The first-order valence-electron chi connectivity index (χ1n) is 10.7. The minimum atomic E-state index is -0.0836. The Morgan fingerprint density at radius 3 is 2.40 bits per heavy atom. The lowest BCUT2D eigenvalue weighted by Crippen LogP contribution is -2.29. The first-order chi connectivity index (χ1) is 14.5. The third-order valence-electron chi connectivity index (χ3n) is 5.98. The van der Waals surface area contributed by atoms with Crippen molar-refractivity contribution >= 4 is 34.8 Å². The van der Waals surface area contributed by atoms with E-state index in [-0.39, 0.29) is 11.8 Å². The smallest absolute Gasteiger partial charge is 0.253 e. The van der Waals surface area contributed by atoms with Gasteiger partial charge >= 0.3 is 0 Å². The number of carbonyl (C=O) groups is 2. The number of benzene rings is 2. The average Bonchev–Trinajstić information content (AvgIpc) is 3.20. The van der Waals surface area contributed by atoms with Gasteiger partial charge in [-0.05, 0) is 61.6 Å². The Balaban J connectivity index is 1.44. The van der Waals surface area contributed by atoms with Crippen LogP contribution in [-0.2, 0) is 11.3 Å². The van der Waals surface area contributed by atoms with Crippen LogP contribution in [0, 0.1) is 0 Å². The first kappa shape index (κ1) is 20.7. The molecule has 2 amide bonds. The molecule has 0 atom stereocenters. The maximum Gasteiger partial charge on any atom is 0.253 e. The van der Waals surface area contributed by atoms with Crippen molar-refractivity contribution in [2.24, 2.45) is 0 Å². The maximum atomic E-state index is 13.0. The third-order valence-corrected chi connectivity index (χ3v) is 6.30. The molecule has 0 saturated carbocycles. The van der Waals surface area contributed by atoms with Crippen LogP contribution < -0.4 is 9.80 Å². The minimum Gasteiger partial charge on any atom is -0.372 e. The SMILES string of the molecule is CN(Cc1ccc(N2CCCCC2)cc1)C(=O)c1ccc(Cl)c(N2CCCC2=O)c1. The van der Waals surface area contributed by atoms with E-state index in [0.717, 1.165) is 25.1 Å². The number of hydrogen-bond donors (Lipinski definition) is 0.